The highest BCUT2D eigenvalue weighted by atomic mass is 19.1. The summed E-state index contributed by atoms with van der Waals surface area (Å²) < 4.78 is 19.7. The Hall–Kier alpha value is -1.31. The van der Waals surface area contributed by atoms with Gasteiger partial charge in [-0.2, -0.15) is 0 Å². The average Bonchev–Trinajstić information content (AvgIpc) is 2.74. The van der Waals surface area contributed by atoms with Gasteiger partial charge in [-0.25, -0.2) is 4.39 Å². The molecule has 1 saturated carbocycles. The van der Waals surface area contributed by atoms with Gasteiger partial charge in [0, 0.05) is 0 Å². The Morgan fingerprint density at radius 2 is 1.82 bits per heavy atom. The molecule has 2 heteroatoms. The van der Waals surface area contributed by atoms with Gasteiger partial charge in [-0.05, 0) is 86.8 Å². The highest BCUT2D eigenvalue weighted by Crippen LogP contribution is 2.40. The average molecular weight is 387 g/mol. The topological polar surface area (TPSA) is 9.23 Å². The molecule has 0 bridgehead atoms. The summed E-state index contributed by atoms with van der Waals surface area (Å²) in [6, 6.07) is 5.50. The Labute approximate surface area is 171 Å². The molecule has 156 valence electrons. The third-order valence-corrected chi connectivity index (χ3v) is 7.17. The molecule has 1 unspecified atom stereocenters. The van der Waals surface area contributed by atoms with Crippen molar-refractivity contribution < 1.29 is 9.13 Å². The molecule has 28 heavy (non-hydrogen) atoms. The molecule has 0 spiro atoms. The van der Waals surface area contributed by atoms with Crippen LogP contribution in [0, 0.1) is 23.6 Å². The lowest BCUT2D eigenvalue weighted by Gasteiger charge is -2.35. The second kappa shape index (κ2) is 11.0. The first-order chi connectivity index (χ1) is 13.7. The van der Waals surface area contributed by atoms with Crippen molar-refractivity contribution in [2.45, 2.75) is 90.9 Å². The van der Waals surface area contributed by atoms with Crippen LogP contribution in [-0.4, -0.2) is 6.61 Å². The summed E-state index contributed by atoms with van der Waals surface area (Å²) in [5, 5.41) is 0. The first kappa shape index (κ1) is 21.4. The molecule has 1 aromatic carbocycles. The van der Waals surface area contributed by atoms with Crippen LogP contribution in [0.3, 0.4) is 0 Å². The van der Waals surface area contributed by atoms with Crippen molar-refractivity contribution in [1.82, 2.24) is 0 Å². The molecule has 1 aromatic rings. The van der Waals surface area contributed by atoms with Gasteiger partial charge in [-0.15, -0.1) is 0 Å². The van der Waals surface area contributed by atoms with Crippen LogP contribution >= 0.6 is 0 Å². The fourth-order valence-corrected chi connectivity index (χ4v) is 5.08. The maximum Gasteiger partial charge on any atom is 0.165 e. The molecule has 0 aromatic heterocycles. The number of allylic oxidation sites excluding steroid dienone is 2. The first-order valence-corrected chi connectivity index (χ1v) is 11.8. The van der Waals surface area contributed by atoms with Gasteiger partial charge in [0.15, 0.2) is 11.6 Å². The minimum Gasteiger partial charge on any atom is -0.491 e. The van der Waals surface area contributed by atoms with Gasteiger partial charge in [-0.1, -0.05) is 57.2 Å². The lowest BCUT2D eigenvalue weighted by molar-refractivity contribution is 0.189. The number of hydrogen-bond acceptors (Lipinski definition) is 1. The number of hydrogen-bond donors (Lipinski definition) is 0. The van der Waals surface area contributed by atoms with E-state index in [0.717, 1.165) is 49.0 Å². The molecular formula is C26H39FO. The van der Waals surface area contributed by atoms with Gasteiger partial charge in [0.2, 0.25) is 0 Å². The van der Waals surface area contributed by atoms with E-state index in [0.29, 0.717) is 12.4 Å². The van der Waals surface area contributed by atoms with Crippen LogP contribution < -0.4 is 4.74 Å². The Morgan fingerprint density at radius 1 is 1.00 bits per heavy atom. The van der Waals surface area contributed by atoms with Crippen LogP contribution in [0.15, 0.2) is 29.8 Å². The summed E-state index contributed by atoms with van der Waals surface area (Å²) in [7, 11) is 0. The lowest BCUT2D eigenvalue weighted by Crippen LogP contribution is -2.23. The van der Waals surface area contributed by atoms with Crippen LogP contribution in [-0.2, 0) is 6.42 Å². The van der Waals surface area contributed by atoms with Gasteiger partial charge in [-0.3, -0.25) is 0 Å². The molecule has 3 rings (SSSR count). The predicted molar refractivity (Wildman–Crippen MR) is 116 cm³/mol. The van der Waals surface area contributed by atoms with Crippen molar-refractivity contribution in [3.05, 3.63) is 41.2 Å². The molecule has 0 saturated heterocycles. The van der Waals surface area contributed by atoms with Crippen molar-refractivity contribution in [2.24, 2.45) is 17.8 Å². The largest absolute Gasteiger partial charge is 0.491 e. The molecule has 1 fully saturated rings. The molecular weight excluding hydrogens is 347 g/mol. The number of halogens is 1. The molecule has 0 heterocycles. The standard InChI is InChI=1S/C26H39FO/c1-3-5-18-28-26-17-12-22(19-25(26)27)7-6-21-10-15-24(16-11-21)23-13-8-20(4-2)9-14-23/h10,12,17,19-20,23-24H,3-9,11,13-16,18H2,1-2H3/t20-,23-,24?. The Kier molecular flexibility index (Phi) is 8.43. The Balaban J connectivity index is 1.43. The number of rotatable bonds is 9. The molecule has 0 amide bonds. The predicted octanol–water partition coefficient (Wildman–Crippen LogP) is 7.88. The fraction of sp³-hybridized carbons (Fsp3) is 0.692. The fourth-order valence-electron chi connectivity index (χ4n) is 5.08. The Morgan fingerprint density at radius 3 is 2.46 bits per heavy atom. The van der Waals surface area contributed by atoms with Crippen LogP contribution in [0.25, 0.3) is 0 Å². The van der Waals surface area contributed by atoms with E-state index >= 15 is 0 Å². The molecule has 1 atom stereocenters. The first-order valence-electron chi connectivity index (χ1n) is 11.8. The molecule has 1 nitrogen and oxygen atoms in total. The quantitative estimate of drug-likeness (QED) is 0.310. The van der Waals surface area contributed by atoms with Gasteiger partial charge in [0.25, 0.3) is 0 Å². The number of unbranched alkanes of at least 4 members (excludes halogenated alkanes) is 1. The third-order valence-electron chi connectivity index (χ3n) is 7.17. The minimum absolute atomic E-state index is 0.214. The minimum atomic E-state index is -0.214. The van der Waals surface area contributed by atoms with Crippen LogP contribution in [0.2, 0.25) is 0 Å². The van der Waals surface area contributed by atoms with E-state index in [1.54, 1.807) is 17.7 Å². The van der Waals surface area contributed by atoms with E-state index in [-0.39, 0.29) is 5.82 Å². The van der Waals surface area contributed by atoms with E-state index in [2.05, 4.69) is 19.9 Å². The molecule has 2 aliphatic rings. The summed E-state index contributed by atoms with van der Waals surface area (Å²) in [6.45, 7) is 5.06. The summed E-state index contributed by atoms with van der Waals surface area (Å²) in [4.78, 5) is 0. The van der Waals surface area contributed by atoms with Crippen molar-refractivity contribution >= 4 is 0 Å². The van der Waals surface area contributed by atoms with E-state index in [1.165, 1.54) is 51.4 Å². The molecule has 2 aliphatic carbocycles. The maximum absolute atomic E-state index is 14.2. The summed E-state index contributed by atoms with van der Waals surface area (Å²) >= 11 is 0. The van der Waals surface area contributed by atoms with Crippen LogP contribution in [0.5, 0.6) is 5.75 Å². The van der Waals surface area contributed by atoms with Crippen molar-refractivity contribution in [3.8, 4) is 5.75 Å². The summed E-state index contributed by atoms with van der Waals surface area (Å²) in [5.41, 5.74) is 2.67. The van der Waals surface area contributed by atoms with Crippen LogP contribution in [0.1, 0.15) is 90.0 Å². The smallest absolute Gasteiger partial charge is 0.165 e. The van der Waals surface area contributed by atoms with Gasteiger partial charge >= 0.3 is 0 Å². The second-order valence-electron chi connectivity index (χ2n) is 9.05. The molecule has 0 radical (unpaired) electrons. The number of ether oxygens (including phenoxy) is 1. The Bertz CT molecular complexity index is 627. The van der Waals surface area contributed by atoms with Crippen LogP contribution in [0.4, 0.5) is 4.39 Å². The highest BCUT2D eigenvalue weighted by Gasteiger charge is 2.27. The van der Waals surface area contributed by atoms with Gasteiger partial charge < -0.3 is 4.74 Å². The van der Waals surface area contributed by atoms with E-state index in [1.807, 2.05) is 6.07 Å². The molecule has 0 aliphatic heterocycles. The summed E-state index contributed by atoms with van der Waals surface area (Å²) in [5.74, 6) is 3.06. The third kappa shape index (κ3) is 6.09. The van der Waals surface area contributed by atoms with Crippen molar-refractivity contribution in [1.29, 1.82) is 0 Å². The van der Waals surface area contributed by atoms with Crippen molar-refractivity contribution in [3.63, 3.8) is 0 Å². The second-order valence-corrected chi connectivity index (χ2v) is 9.05. The van der Waals surface area contributed by atoms with Gasteiger partial charge in [0.1, 0.15) is 0 Å². The number of benzene rings is 1. The van der Waals surface area contributed by atoms with E-state index < -0.39 is 0 Å². The zero-order valence-electron chi connectivity index (χ0n) is 18.0. The van der Waals surface area contributed by atoms with Gasteiger partial charge in [0.05, 0.1) is 6.61 Å². The normalized spacial score (nSPS) is 25.4. The van der Waals surface area contributed by atoms with Crippen molar-refractivity contribution in [2.75, 3.05) is 6.61 Å². The number of aryl methyl sites for hydroxylation is 1. The zero-order chi connectivity index (χ0) is 19.8. The van der Waals surface area contributed by atoms with E-state index in [9.17, 15) is 4.39 Å². The summed E-state index contributed by atoms with van der Waals surface area (Å²) in [6.07, 6.45) is 17.6. The lowest BCUT2D eigenvalue weighted by atomic mass is 9.71. The highest BCUT2D eigenvalue weighted by molar-refractivity contribution is 5.30. The maximum atomic E-state index is 14.2. The SMILES string of the molecule is CCCCOc1ccc(CCC2=CCC([C@H]3CC[C@H](CC)CC3)CC2)cc1F. The van der Waals surface area contributed by atoms with E-state index in [4.69, 9.17) is 4.74 Å². The molecule has 0 N–H and O–H groups in total. The monoisotopic (exact) mass is 386 g/mol. The zero-order valence-corrected chi connectivity index (χ0v) is 18.0.